The minimum atomic E-state index is -0.427. The highest BCUT2D eigenvalue weighted by Gasteiger charge is 2.04. The lowest BCUT2D eigenvalue weighted by Crippen LogP contribution is -2.18. The van der Waals surface area contributed by atoms with Crippen LogP contribution in [-0.4, -0.2) is 41.7 Å². The first-order valence-electron chi connectivity index (χ1n) is 4.12. The summed E-state index contributed by atoms with van der Waals surface area (Å²) >= 11 is 4.64. The van der Waals surface area contributed by atoms with Crippen LogP contribution in [-0.2, 0) is 4.74 Å². The minimum absolute atomic E-state index is 0.363. The van der Waals surface area contributed by atoms with Gasteiger partial charge in [0.2, 0.25) is 5.13 Å². The van der Waals surface area contributed by atoms with Crippen molar-refractivity contribution in [2.24, 2.45) is 0 Å². The molecule has 0 saturated carbocycles. The summed E-state index contributed by atoms with van der Waals surface area (Å²) in [5, 5.41) is 20.8. The van der Waals surface area contributed by atoms with Gasteiger partial charge in [0.15, 0.2) is 3.92 Å². The number of nitrogens with zero attached hydrogens (tertiary/aromatic N) is 2. The topological polar surface area (TPSA) is 67.3 Å². The Morgan fingerprint density at radius 2 is 2.43 bits per heavy atom. The van der Waals surface area contributed by atoms with Crippen molar-refractivity contribution in [2.75, 3.05) is 25.6 Å². The molecule has 0 amide bonds. The molecule has 0 aliphatic rings. The zero-order chi connectivity index (χ0) is 10.4. The number of rotatable bonds is 6. The second kappa shape index (κ2) is 6.28. The van der Waals surface area contributed by atoms with E-state index in [1.165, 1.54) is 11.3 Å². The van der Waals surface area contributed by atoms with Gasteiger partial charge < -0.3 is 15.2 Å². The fourth-order valence-electron chi connectivity index (χ4n) is 0.898. The molecule has 0 spiro atoms. The van der Waals surface area contributed by atoms with Crippen molar-refractivity contribution in [3.05, 3.63) is 3.92 Å². The van der Waals surface area contributed by atoms with Crippen molar-refractivity contribution >= 4 is 32.4 Å². The zero-order valence-electron chi connectivity index (χ0n) is 7.73. The fraction of sp³-hybridized carbons (Fsp3) is 0.714. The molecule has 80 valence electrons. The summed E-state index contributed by atoms with van der Waals surface area (Å²) in [4.78, 5) is 0. The van der Waals surface area contributed by atoms with E-state index in [1.807, 2.05) is 0 Å². The van der Waals surface area contributed by atoms with Gasteiger partial charge in [-0.15, -0.1) is 10.2 Å². The molecule has 0 aliphatic heterocycles. The van der Waals surface area contributed by atoms with Crippen LogP contribution in [0.4, 0.5) is 5.13 Å². The number of aromatic nitrogens is 2. The van der Waals surface area contributed by atoms with Crippen LogP contribution in [0, 0.1) is 0 Å². The van der Waals surface area contributed by atoms with E-state index in [0.29, 0.717) is 19.6 Å². The van der Waals surface area contributed by atoms with Crippen LogP contribution >= 0.6 is 27.3 Å². The summed E-state index contributed by atoms with van der Waals surface area (Å²) < 4.78 is 5.55. The Morgan fingerprint density at radius 1 is 1.64 bits per heavy atom. The summed E-state index contributed by atoms with van der Waals surface area (Å²) in [6.45, 7) is 1.02. The van der Waals surface area contributed by atoms with E-state index in [4.69, 9.17) is 4.74 Å². The van der Waals surface area contributed by atoms with Crippen molar-refractivity contribution < 1.29 is 9.84 Å². The quantitative estimate of drug-likeness (QED) is 0.818. The average Bonchev–Trinajstić information content (AvgIpc) is 2.52. The smallest absolute Gasteiger partial charge is 0.206 e. The molecular weight excluding hydrogens is 270 g/mol. The number of anilines is 1. The van der Waals surface area contributed by atoms with E-state index in [-0.39, 0.29) is 0 Å². The lowest BCUT2D eigenvalue weighted by Gasteiger charge is -2.08. The predicted octanol–water partition coefficient (Wildman–Crippen LogP) is 1.11. The van der Waals surface area contributed by atoms with Crippen LogP contribution in [0.15, 0.2) is 3.92 Å². The number of ether oxygens (including phenoxy) is 1. The van der Waals surface area contributed by atoms with Gasteiger partial charge in [-0.25, -0.2) is 0 Å². The van der Waals surface area contributed by atoms with Gasteiger partial charge in [0.25, 0.3) is 0 Å². The van der Waals surface area contributed by atoms with Gasteiger partial charge in [0, 0.05) is 13.7 Å². The molecule has 5 nitrogen and oxygen atoms in total. The first-order chi connectivity index (χ1) is 6.72. The van der Waals surface area contributed by atoms with E-state index in [2.05, 4.69) is 31.4 Å². The SMILES string of the molecule is COCC(O)CCNc1nnc(Br)s1. The molecule has 7 heteroatoms. The van der Waals surface area contributed by atoms with Crippen LogP contribution < -0.4 is 5.32 Å². The van der Waals surface area contributed by atoms with Gasteiger partial charge >= 0.3 is 0 Å². The van der Waals surface area contributed by atoms with E-state index >= 15 is 0 Å². The number of halogens is 1. The predicted molar refractivity (Wildman–Crippen MR) is 58.6 cm³/mol. The summed E-state index contributed by atoms with van der Waals surface area (Å²) in [5.74, 6) is 0. The number of aliphatic hydroxyl groups is 1. The second-order valence-electron chi connectivity index (χ2n) is 2.68. The molecule has 1 heterocycles. The Bertz CT molecular complexity index is 271. The molecule has 2 N–H and O–H groups in total. The third-order valence-electron chi connectivity index (χ3n) is 1.51. The number of methoxy groups -OCH3 is 1. The molecule has 0 fully saturated rings. The van der Waals surface area contributed by atoms with Crippen molar-refractivity contribution in [1.82, 2.24) is 10.2 Å². The molecule has 1 aromatic heterocycles. The number of hydrogen-bond acceptors (Lipinski definition) is 6. The number of nitrogens with one attached hydrogen (secondary N) is 1. The lowest BCUT2D eigenvalue weighted by molar-refractivity contribution is 0.0615. The molecule has 0 saturated heterocycles. The molecule has 1 aromatic rings. The summed E-state index contributed by atoms with van der Waals surface area (Å²) in [6.07, 6.45) is 0.203. The monoisotopic (exact) mass is 281 g/mol. The normalized spacial score (nSPS) is 12.8. The molecule has 0 aromatic carbocycles. The van der Waals surface area contributed by atoms with Crippen molar-refractivity contribution in [2.45, 2.75) is 12.5 Å². The van der Waals surface area contributed by atoms with Crippen LogP contribution in [0.3, 0.4) is 0 Å². The molecule has 1 atom stereocenters. The maximum Gasteiger partial charge on any atom is 0.206 e. The van der Waals surface area contributed by atoms with E-state index in [9.17, 15) is 5.11 Å². The van der Waals surface area contributed by atoms with Gasteiger partial charge in [0.1, 0.15) is 0 Å². The Balaban J connectivity index is 2.15. The minimum Gasteiger partial charge on any atom is -0.391 e. The van der Waals surface area contributed by atoms with E-state index in [0.717, 1.165) is 9.05 Å². The Labute approximate surface area is 94.6 Å². The van der Waals surface area contributed by atoms with Crippen LogP contribution in [0.5, 0.6) is 0 Å². The molecule has 1 rings (SSSR count). The summed E-state index contributed by atoms with van der Waals surface area (Å²) in [6, 6.07) is 0. The van der Waals surface area contributed by atoms with Crippen molar-refractivity contribution in [3.63, 3.8) is 0 Å². The molecule has 1 unspecified atom stereocenters. The van der Waals surface area contributed by atoms with Gasteiger partial charge in [-0.1, -0.05) is 11.3 Å². The fourth-order valence-corrected chi connectivity index (χ4v) is 1.93. The van der Waals surface area contributed by atoms with Gasteiger partial charge in [0.05, 0.1) is 12.7 Å². The molecule has 0 radical (unpaired) electrons. The number of hydrogen-bond donors (Lipinski definition) is 2. The summed E-state index contributed by atoms with van der Waals surface area (Å²) in [5.41, 5.74) is 0. The zero-order valence-corrected chi connectivity index (χ0v) is 10.1. The Kier molecular flexibility index (Phi) is 5.31. The standard InChI is InChI=1S/C7H12BrN3O2S/c1-13-4-5(12)2-3-9-7-11-10-6(8)14-7/h5,12H,2-4H2,1H3,(H,9,11). The van der Waals surface area contributed by atoms with Gasteiger partial charge in [-0.2, -0.15) is 0 Å². The van der Waals surface area contributed by atoms with E-state index in [1.54, 1.807) is 7.11 Å². The third kappa shape index (κ3) is 4.32. The first-order valence-corrected chi connectivity index (χ1v) is 5.73. The Morgan fingerprint density at radius 3 is 3.00 bits per heavy atom. The van der Waals surface area contributed by atoms with Crippen molar-refractivity contribution in [1.29, 1.82) is 0 Å². The molecule has 0 bridgehead atoms. The highest BCUT2D eigenvalue weighted by Crippen LogP contribution is 2.19. The molecule has 0 aliphatic carbocycles. The van der Waals surface area contributed by atoms with Crippen LogP contribution in [0.2, 0.25) is 0 Å². The Hall–Kier alpha value is -0.240. The largest absolute Gasteiger partial charge is 0.391 e. The maximum absolute atomic E-state index is 9.33. The maximum atomic E-state index is 9.33. The van der Waals surface area contributed by atoms with Crippen LogP contribution in [0.1, 0.15) is 6.42 Å². The third-order valence-corrected chi connectivity index (χ3v) is 2.83. The highest BCUT2D eigenvalue weighted by atomic mass is 79.9. The van der Waals surface area contributed by atoms with Crippen molar-refractivity contribution in [3.8, 4) is 0 Å². The highest BCUT2D eigenvalue weighted by molar-refractivity contribution is 9.11. The second-order valence-corrected chi connectivity index (χ2v) is 4.94. The van der Waals surface area contributed by atoms with Gasteiger partial charge in [-0.3, -0.25) is 0 Å². The first kappa shape index (κ1) is 11.8. The summed E-state index contributed by atoms with van der Waals surface area (Å²) in [7, 11) is 1.57. The van der Waals surface area contributed by atoms with E-state index < -0.39 is 6.10 Å². The van der Waals surface area contributed by atoms with Gasteiger partial charge in [-0.05, 0) is 22.4 Å². The average molecular weight is 282 g/mol. The number of aliphatic hydroxyl groups excluding tert-OH is 1. The van der Waals surface area contributed by atoms with Crippen LogP contribution in [0.25, 0.3) is 0 Å². The molecule has 14 heavy (non-hydrogen) atoms. The lowest BCUT2D eigenvalue weighted by atomic mass is 10.3. The molecular formula is C7H12BrN3O2S.